The number of nitrogens with two attached hydrogens (primary N) is 1. The molecule has 1 saturated heterocycles. The summed E-state index contributed by atoms with van der Waals surface area (Å²) in [7, 11) is 0. The first-order valence-electron chi connectivity index (χ1n) is 8.35. The number of rotatable bonds is 4. The lowest BCUT2D eigenvalue weighted by atomic mass is 10.1. The van der Waals surface area contributed by atoms with Crippen molar-refractivity contribution >= 4 is 17.9 Å². The highest BCUT2D eigenvalue weighted by atomic mass is 16.2. The molecule has 2 aromatic rings. The number of para-hydroxylation sites is 1. The zero-order valence-corrected chi connectivity index (χ0v) is 14.5. The van der Waals surface area contributed by atoms with Gasteiger partial charge in [0.15, 0.2) is 0 Å². The minimum atomic E-state index is -0.338. The third-order valence-electron chi connectivity index (χ3n) is 4.64. The lowest BCUT2D eigenvalue weighted by Crippen LogP contribution is -2.30. The Morgan fingerprint density at radius 3 is 2.60 bits per heavy atom. The minimum Gasteiger partial charge on any atom is -0.369 e. The van der Waals surface area contributed by atoms with Gasteiger partial charge in [0.2, 0.25) is 11.8 Å². The second-order valence-corrected chi connectivity index (χ2v) is 6.34. The van der Waals surface area contributed by atoms with Gasteiger partial charge in [0.25, 0.3) is 0 Å². The Bertz CT molecular complexity index is 823. The molecule has 1 aromatic carbocycles. The summed E-state index contributed by atoms with van der Waals surface area (Å²) in [5.74, 6) is -0.674. The van der Waals surface area contributed by atoms with E-state index in [4.69, 9.17) is 5.73 Å². The standard InChI is InChI=1S/C19H22N4O2/c1-13-17(14(2)23(21-13)16-6-4-3-5-7-16)8-9-18(24)22-11-10-15(12-22)19(20)25/h3-9,15H,10-12H2,1-2H3,(H2,20,25)/b9-8-/t15-/m0/s1. The Kier molecular flexibility index (Phi) is 4.70. The average molecular weight is 338 g/mol. The van der Waals surface area contributed by atoms with E-state index in [1.54, 1.807) is 17.1 Å². The summed E-state index contributed by atoms with van der Waals surface area (Å²) in [6.07, 6.45) is 3.99. The fourth-order valence-electron chi connectivity index (χ4n) is 3.17. The van der Waals surface area contributed by atoms with Crippen molar-refractivity contribution in [2.45, 2.75) is 20.3 Å². The maximum atomic E-state index is 12.3. The largest absolute Gasteiger partial charge is 0.369 e. The van der Waals surface area contributed by atoms with Crippen LogP contribution in [0.2, 0.25) is 0 Å². The average Bonchev–Trinajstić information content (AvgIpc) is 3.20. The smallest absolute Gasteiger partial charge is 0.246 e. The van der Waals surface area contributed by atoms with Crippen LogP contribution in [0.1, 0.15) is 23.4 Å². The fourth-order valence-corrected chi connectivity index (χ4v) is 3.17. The molecule has 1 atom stereocenters. The molecule has 0 bridgehead atoms. The number of carbonyl (C=O) groups is 2. The molecular weight excluding hydrogens is 316 g/mol. The Morgan fingerprint density at radius 2 is 1.96 bits per heavy atom. The number of amides is 2. The van der Waals surface area contributed by atoms with Crippen molar-refractivity contribution in [2.75, 3.05) is 13.1 Å². The van der Waals surface area contributed by atoms with Gasteiger partial charge >= 0.3 is 0 Å². The molecule has 0 saturated carbocycles. The molecule has 0 spiro atoms. The van der Waals surface area contributed by atoms with Gasteiger partial charge in [-0.05, 0) is 38.5 Å². The van der Waals surface area contributed by atoms with Crippen LogP contribution in [0.25, 0.3) is 11.8 Å². The summed E-state index contributed by atoms with van der Waals surface area (Å²) in [5, 5.41) is 4.57. The van der Waals surface area contributed by atoms with E-state index in [1.165, 1.54) is 0 Å². The molecule has 2 heterocycles. The Balaban J connectivity index is 1.77. The molecule has 25 heavy (non-hydrogen) atoms. The number of aryl methyl sites for hydroxylation is 1. The van der Waals surface area contributed by atoms with Gasteiger partial charge in [0.1, 0.15) is 0 Å². The molecule has 1 aliphatic heterocycles. The summed E-state index contributed by atoms with van der Waals surface area (Å²) < 4.78 is 1.87. The fraction of sp³-hybridized carbons (Fsp3) is 0.316. The quantitative estimate of drug-likeness (QED) is 0.864. The maximum Gasteiger partial charge on any atom is 0.246 e. The van der Waals surface area contributed by atoms with E-state index in [1.807, 2.05) is 48.9 Å². The number of hydrogen-bond acceptors (Lipinski definition) is 3. The highest BCUT2D eigenvalue weighted by Gasteiger charge is 2.28. The van der Waals surface area contributed by atoms with Crippen LogP contribution in [0.5, 0.6) is 0 Å². The summed E-state index contributed by atoms with van der Waals surface area (Å²) in [6, 6.07) is 9.88. The molecule has 6 nitrogen and oxygen atoms in total. The van der Waals surface area contributed by atoms with Gasteiger partial charge in [0.05, 0.1) is 17.3 Å². The number of hydrogen-bond donors (Lipinski definition) is 1. The minimum absolute atomic E-state index is 0.102. The number of carbonyl (C=O) groups excluding carboxylic acids is 2. The first kappa shape index (κ1) is 17.0. The van der Waals surface area contributed by atoms with Gasteiger partial charge < -0.3 is 10.6 Å². The number of benzene rings is 1. The number of nitrogens with zero attached hydrogens (tertiary/aromatic N) is 3. The molecule has 1 aromatic heterocycles. The van der Waals surface area contributed by atoms with Gasteiger partial charge in [-0.3, -0.25) is 9.59 Å². The van der Waals surface area contributed by atoms with Gasteiger partial charge in [0, 0.05) is 30.4 Å². The van der Waals surface area contributed by atoms with E-state index in [0.29, 0.717) is 19.5 Å². The van der Waals surface area contributed by atoms with E-state index in [9.17, 15) is 9.59 Å². The molecule has 3 rings (SSSR count). The predicted molar refractivity (Wildman–Crippen MR) is 96.0 cm³/mol. The van der Waals surface area contributed by atoms with Crippen LogP contribution < -0.4 is 5.73 Å². The first-order chi connectivity index (χ1) is 12.0. The van der Waals surface area contributed by atoms with Crippen LogP contribution in [0.4, 0.5) is 0 Å². The Labute approximate surface area is 146 Å². The zero-order valence-electron chi connectivity index (χ0n) is 14.5. The molecule has 0 unspecified atom stereocenters. The van der Waals surface area contributed by atoms with E-state index in [0.717, 1.165) is 22.6 Å². The molecule has 130 valence electrons. The molecule has 0 radical (unpaired) electrons. The van der Waals surface area contributed by atoms with Crippen molar-refractivity contribution in [1.82, 2.24) is 14.7 Å². The monoisotopic (exact) mass is 338 g/mol. The van der Waals surface area contributed by atoms with Crippen molar-refractivity contribution in [3.63, 3.8) is 0 Å². The summed E-state index contributed by atoms with van der Waals surface area (Å²) in [5.41, 5.74) is 9.07. The summed E-state index contributed by atoms with van der Waals surface area (Å²) >= 11 is 0. The van der Waals surface area contributed by atoms with E-state index < -0.39 is 0 Å². The molecular formula is C19H22N4O2. The molecule has 0 aliphatic carbocycles. The van der Waals surface area contributed by atoms with Crippen molar-refractivity contribution in [2.24, 2.45) is 11.7 Å². The van der Waals surface area contributed by atoms with Gasteiger partial charge in [-0.15, -0.1) is 0 Å². The number of likely N-dealkylation sites (tertiary alicyclic amines) is 1. The van der Waals surface area contributed by atoms with Crippen LogP contribution in [-0.2, 0) is 9.59 Å². The second-order valence-electron chi connectivity index (χ2n) is 6.34. The summed E-state index contributed by atoms with van der Waals surface area (Å²) in [6.45, 7) is 4.88. The highest BCUT2D eigenvalue weighted by Crippen LogP contribution is 2.20. The van der Waals surface area contributed by atoms with Crippen molar-refractivity contribution in [3.05, 3.63) is 53.4 Å². The normalized spacial score (nSPS) is 17.4. The lowest BCUT2D eigenvalue weighted by Gasteiger charge is -2.13. The second kappa shape index (κ2) is 6.93. The van der Waals surface area contributed by atoms with Crippen LogP contribution in [-0.4, -0.2) is 39.6 Å². The van der Waals surface area contributed by atoms with E-state index >= 15 is 0 Å². The van der Waals surface area contributed by atoms with Crippen LogP contribution in [0.15, 0.2) is 36.4 Å². The van der Waals surface area contributed by atoms with E-state index in [-0.39, 0.29) is 17.7 Å². The van der Waals surface area contributed by atoms with Crippen molar-refractivity contribution in [3.8, 4) is 5.69 Å². The molecule has 2 amide bonds. The van der Waals surface area contributed by atoms with Crippen molar-refractivity contribution < 1.29 is 9.59 Å². The third-order valence-corrected chi connectivity index (χ3v) is 4.64. The van der Waals surface area contributed by atoms with Crippen molar-refractivity contribution in [1.29, 1.82) is 0 Å². The van der Waals surface area contributed by atoms with Gasteiger partial charge in [-0.1, -0.05) is 18.2 Å². The molecule has 1 aliphatic rings. The third kappa shape index (κ3) is 3.47. The first-order valence-corrected chi connectivity index (χ1v) is 8.35. The van der Waals surface area contributed by atoms with Gasteiger partial charge in [-0.25, -0.2) is 4.68 Å². The van der Waals surface area contributed by atoms with Crippen LogP contribution in [0.3, 0.4) is 0 Å². The van der Waals surface area contributed by atoms with Crippen LogP contribution >= 0.6 is 0 Å². The predicted octanol–water partition coefficient (Wildman–Crippen LogP) is 1.84. The Hall–Kier alpha value is -2.89. The molecule has 6 heteroatoms. The number of aromatic nitrogens is 2. The zero-order chi connectivity index (χ0) is 18.0. The highest BCUT2D eigenvalue weighted by molar-refractivity contribution is 5.93. The van der Waals surface area contributed by atoms with Gasteiger partial charge in [-0.2, -0.15) is 5.10 Å². The Morgan fingerprint density at radius 1 is 1.24 bits per heavy atom. The SMILES string of the molecule is Cc1nn(-c2ccccc2)c(C)c1/C=C\C(=O)N1CC[C@H](C(N)=O)C1. The molecule has 1 fully saturated rings. The lowest BCUT2D eigenvalue weighted by molar-refractivity contribution is -0.125. The topological polar surface area (TPSA) is 81.2 Å². The van der Waals surface area contributed by atoms with E-state index in [2.05, 4.69) is 5.10 Å². The summed E-state index contributed by atoms with van der Waals surface area (Å²) in [4.78, 5) is 25.2. The molecule has 2 N–H and O–H groups in total. The number of primary amides is 1. The van der Waals surface area contributed by atoms with Crippen LogP contribution in [0, 0.1) is 19.8 Å². The maximum absolute atomic E-state index is 12.3.